The fraction of sp³-hybridized carbons (Fsp3) is 0.345. The third-order valence-electron chi connectivity index (χ3n) is 6.43. The van der Waals surface area contributed by atoms with E-state index in [0.29, 0.717) is 12.5 Å². The van der Waals surface area contributed by atoms with Crippen molar-refractivity contribution in [3.8, 4) is 0 Å². The van der Waals surface area contributed by atoms with Crippen LogP contribution in [-0.2, 0) is 11.3 Å². The van der Waals surface area contributed by atoms with E-state index >= 15 is 0 Å². The zero-order valence-corrected chi connectivity index (χ0v) is 22.3. The lowest BCUT2D eigenvalue weighted by atomic mass is 9.86. The van der Waals surface area contributed by atoms with Crippen molar-refractivity contribution in [1.29, 1.82) is 0 Å². The molecule has 1 saturated heterocycles. The van der Waals surface area contributed by atoms with Gasteiger partial charge in [0.05, 0.1) is 6.54 Å². The Balaban J connectivity index is 1.30. The van der Waals surface area contributed by atoms with E-state index in [1.807, 2.05) is 37.2 Å². The molecule has 1 amide bonds. The summed E-state index contributed by atoms with van der Waals surface area (Å²) >= 11 is 7.75. The summed E-state index contributed by atoms with van der Waals surface area (Å²) in [6.07, 6.45) is 2.28. The van der Waals surface area contributed by atoms with Gasteiger partial charge in [-0.15, -0.1) is 0 Å². The first-order chi connectivity index (χ1) is 16.9. The van der Waals surface area contributed by atoms with Gasteiger partial charge in [-0.3, -0.25) is 9.69 Å². The third-order valence-corrected chi connectivity index (χ3v) is 7.70. The SMILES string of the molecule is Cc1ccc(NC(=O)CN(C)C)cc1C1CCN(Cc2ccc(Sc3ccc(Cl)cc3)cc2)CC1. The Bertz CT molecular complexity index is 1120. The van der Waals surface area contributed by atoms with Crippen molar-refractivity contribution < 1.29 is 4.79 Å². The molecular weight excluding hydrogens is 474 g/mol. The highest BCUT2D eigenvalue weighted by Crippen LogP contribution is 2.33. The molecule has 184 valence electrons. The van der Waals surface area contributed by atoms with Gasteiger partial charge < -0.3 is 10.2 Å². The van der Waals surface area contributed by atoms with E-state index in [2.05, 4.69) is 65.7 Å². The smallest absolute Gasteiger partial charge is 0.238 e. The van der Waals surface area contributed by atoms with Gasteiger partial charge in [-0.1, -0.05) is 41.6 Å². The van der Waals surface area contributed by atoms with Crippen molar-refractivity contribution in [1.82, 2.24) is 9.80 Å². The molecule has 1 heterocycles. The van der Waals surface area contributed by atoms with Crippen molar-refractivity contribution in [2.75, 3.05) is 39.0 Å². The summed E-state index contributed by atoms with van der Waals surface area (Å²) in [5.74, 6) is 0.562. The van der Waals surface area contributed by atoms with Gasteiger partial charge in [-0.2, -0.15) is 0 Å². The Morgan fingerprint density at radius 3 is 2.26 bits per heavy atom. The van der Waals surface area contributed by atoms with Crippen LogP contribution in [0.2, 0.25) is 5.02 Å². The van der Waals surface area contributed by atoms with Crippen molar-refractivity contribution in [3.63, 3.8) is 0 Å². The molecule has 4 nitrogen and oxygen atoms in total. The lowest BCUT2D eigenvalue weighted by Gasteiger charge is -2.33. The molecule has 1 N–H and O–H groups in total. The summed E-state index contributed by atoms with van der Waals surface area (Å²) in [6.45, 7) is 5.72. The molecule has 3 aromatic rings. The van der Waals surface area contributed by atoms with Crippen molar-refractivity contribution in [2.45, 2.75) is 42.0 Å². The van der Waals surface area contributed by atoms with Gasteiger partial charge in [0.1, 0.15) is 0 Å². The number of halogens is 1. The minimum atomic E-state index is 0.0252. The minimum absolute atomic E-state index is 0.0252. The Morgan fingerprint density at radius 1 is 1.00 bits per heavy atom. The number of carbonyl (C=O) groups excluding carboxylic acids is 1. The molecule has 0 atom stereocenters. The first-order valence-corrected chi connectivity index (χ1v) is 13.3. The molecule has 0 unspecified atom stereocenters. The van der Waals surface area contributed by atoms with Crippen LogP contribution in [-0.4, -0.2) is 49.4 Å². The van der Waals surface area contributed by atoms with Crippen LogP contribution in [0.3, 0.4) is 0 Å². The van der Waals surface area contributed by atoms with Crippen molar-refractivity contribution >= 4 is 35.0 Å². The number of anilines is 1. The first-order valence-electron chi connectivity index (χ1n) is 12.2. The number of carbonyl (C=O) groups is 1. The number of likely N-dealkylation sites (N-methyl/N-ethyl adjacent to an activating group) is 1. The standard InChI is InChI=1S/C29H34ClN3OS/c1-21-4-9-25(31-29(34)20-32(2)3)18-28(21)23-14-16-33(17-15-23)19-22-5-10-26(11-6-22)35-27-12-7-24(30)8-13-27/h4-13,18,23H,14-17,19-20H2,1-3H3,(H,31,34). The number of aryl methyl sites for hydroxylation is 1. The molecule has 0 bridgehead atoms. The quantitative estimate of drug-likeness (QED) is 0.369. The molecule has 35 heavy (non-hydrogen) atoms. The highest BCUT2D eigenvalue weighted by Gasteiger charge is 2.22. The van der Waals surface area contributed by atoms with Gasteiger partial charge in [0.2, 0.25) is 5.91 Å². The Labute approximate surface area is 218 Å². The van der Waals surface area contributed by atoms with E-state index in [1.54, 1.807) is 11.8 Å². The number of likely N-dealkylation sites (tertiary alicyclic amines) is 1. The number of rotatable bonds is 8. The minimum Gasteiger partial charge on any atom is -0.325 e. The summed E-state index contributed by atoms with van der Waals surface area (Å²) in [5, 5.41) is 3.81. The predicted molar refractivity (Wildman–Crippen MR) is 148 cm³/mol. The highest BCUT2D eigenvalue weighted by molar-refractivity contribution is 7.99. The molecule has 4 rings (SSSR count). The van der Waals surface area contributed by atoms with Crippen LogP contribution < -0.4 is 5.32 Å². The van der Waals surface area contributed by atoms with Gasteiger partial charge >= 0.3 is 0 Å². The van der Waals surface area contributed by atoms with Crippen LogP contribution in [0.4, 0.5) is 5.69 Å². The van der Waals surface area contributed by atoms with E-state index in [-0.39, 0.29) is 5.91 Å². The lowest BCUT2D eigenvalue weighted by Crippen LogP contribution is -2.32. The van der Waals surface area contributed by atoms with E-state index in [4.69, 9.17) is 11.6 Å². The molecule has 0 spiro atoms. The summed E-state index contributed by atoms with van der Waals surface area (Å²) in [7, 11) is 3.81. The van der Waals surface area contributed by atoms with E-state index in [0.717, 1.165) is 43.2 Å². The van der Waals surface area contributed by atoms with Gasteiger partial charge in [-0.05, 0) is 118 Å². The zero-order valence-electron chi connectivity index (χ0n) is 20.8. The summed E-state index contributed by atoms with van der Waals surface area (Å²) in [4.78, 5) is 19.0. The largest absolute Gasteiger partial charge is 0.325 e. The van der Waals surface area contributed by atoms with Crippen LogP contribution in [0.25, 0.3) is 0 Å². The lowest BCUT2D eigenvalue weighted by molar-refractivity contribution is -0.116. The summed E-state index contributed by atoms with van der Waals surface area (Å²) < 4.78 is 0. The number of piperidine rings is 1. The fourth-order valence-corrected chi connectivity index (χ4v) is 5.55. The summed E-state index contributed by atoms with van der Waals surface area (Å²) in [6, 6.07) is 23.2. The number of nitrogens with one attached hydrogen (secondary N) is 1. The number of amides is 1. The monoisotopic (exact) mass is 507 g/mol. The second-order valence-corrected chi connectivity index (χ2v) is 11.2. The molecule has 0 radical (unpaired) electrons. The normalized spacial score (nSPS) is 14.9. The molecular formula is C29H34ClN3OS. The van der Waals surface area contributed by atoms with Gasteiger partial charge in [0.15, 0.2) is 0 Å². The molecule has 0 saturated carbocycles. The average molecular weight is 508 g/mol. The second kappa shape index (κ2) is 12.1. The maximum absolute atomic E-state index is 12.2. The van der Waals surface area contributed by atoms with Gasteiger partial charge in [0.25, 0.3) is 0 Å². The van der Waals surface area contributed by atoms with E-state index in [1.165, 1.54) is 26.5 Å². The number of hydrogen-bond acceptors (Lipinski definition) is 4. The molecule has 3 aromatic carbocycles. The van der Waals surface area contributed by atoms with E-state index < -0.39 is 0 Å². The second-order valence-electron chi connectivity index (χ2n) is 9.61. The fourth-order valence-electron chi connectivity index (χ4n) is 4.61. The van der Waals surface area contributed by atoms with Crippen LogP contribution in [0.5, 0.6) is 0 Å². The number of benzene rings is 3. The van der Waals surface area contributed by atoms with Crippen LogP contribution >= 0.6 is 23.4 Å². The molecule has 1 aliphatic rings. The molecule has 1 aliphatic heterocycles. The predicted octanol–water partition coefficient (Wildman–Crippen LogP) is 6.68. The van der Waals surface area contributed by atoms with E-state index in [9.17, 15) is 4.79 Å². The highest BCUT2D eigenvalue weighted by atomic mass is 35.5. The molecule has 0 aliphatic carbocycles. The topological polar surface area (TPSA) is 35.6 Å². The van der Waals surface area contributed by atoms with Gasteiger partial charge in [0, 0.05) is 27.0 Å². The number of nitrogens with zero attached hydrogens (tertiary/aromatic N) is 2. The molecule has 0 aromatic heterocycles. The number of hydrogen-bond donors (Lipinski definition) is 1. The Hall–Kier alpha value is -2.31. The first kappa shape index (κ1) is 25.8. The third kappa shape index (κ3) is 7.58. The van der Waals surface area contributed by atoms with Crippen molar-refractivity contribution in [2.24, 2.45) is 0 Å². The van der Waals surface area contributed by atoms with Gasteiger partial charge in [-0.25, -0.2) is 0 Å². The Kier molecular flexibility index (Phi) is 8.90. The van der Waals surface area contributed by atoms with Crippen molar-refractivity contribution in [3.05, 3.63) is 88.4 Å². The Morgan fingerprint density at radius 2 is 1.63 bits per heavy atom. The van der Waals surface area contributed by atoms with Crippen LogP contribution in [0, 0.1) is 6.92 Å². The van der Waals surface area contributed by atoms with Crippen LogP contribution in [0.1, 0.15) is 35.4 Å². The molecule has 6 heteroatoms. The maximum Gasteiger partial charge on any atom is 0.238 e. The summed E-state index contributed by atoms with van der Waals surface area (Å²) in [5.41, 5.74) is 4.93. The zero-order chi connectivity index (χ0) is 24.8. The molecule has 1 fully saturated rings. The maximum atomic E-state index is 12.2. The van der Waals surface area contributed by atoms with Crippen LogP contribution in [0.15, 0.2) is 76.5 Å². The average Bonchev–Trinajstić information content (AvgIpc) is 2.83.